The van der Waals surface area contributed by atoms with E-state index in [0.717, 1.165) is 36.4 Å². The van der Waals surface area contributed by atoms with Crippen molar-refractivity contribution in [2.45, 2.75) is 46.3 Å². The summed E-state index contributed by atoms with van der Waals surface area (Å²) in [5.41, 5.74) is 2.81. The lowest BCUT2D eigenvalue weighted by Crippen LogP contribution is -2.27. The predicted molar refractivity (Wildman–Crippen MR) is 132 cm³/mol. The lowest BCUT2D eigenvalue weighted by Gasteiger charge is -2.18. The van der Waals surface area contributed by atoms with Crippen LogP contribution in [0.25, 0.3) is 22.8 Å². The number of nitrogens with zero attached hydrogens (tertiary/aromatic N) is 4. The van der Waals surface area contributed by atoms with Gasteiger partial charge in [-0.05, 0) is 58.0 Å². The number of hydrogen-bond acceptors (Lipinski definition) is 9. The molecule has 1 aliphatic rings. The van der Waals surface area contributed by atoms with Gasteiger partial charge in [0.25, 0.3) is 5.89 Å². The molecule has 0 bridgehead atoms. The Labute approximate surface area is 210 Å². The number of nitriles is 1. The molecule has 0 atom stereocenters. The standard InChI is InChI=1S/C27H30N4O5/c1-4-33-24(32)9-6-12-31-13-14-34-25-20(17-31)7-5-8-22(25)26-29-27(36-30-26)19-10-11-23(35-18(2)3)21(15-19)16-28/h5,7-8,10-11,15,18H,4,6,9,12-14,17H2,1-3H3. The van der Waals surface area contributed by atoms with Gasteiger partial charge in [-0.15, -0.1) is 0 Å². The summed E-state index contributed by atoms with van der Waals surface area (Å²) in [5, 5.41) is 13.7. The molecule has 188 valence electrons. The minimum Gasteiger partial charge on any atom is -0.491 e. The summed E-state index contributed by atoms with van der Waals surface area (Å²) < 4.78 is 22.4. The summed E-state index contributed by atoms with van der Waals surface area (Å²) in [6.45, 7) is 8.76. The van der Waals surface area contributed by atoms with Crippen LogP contribution >= 0.6 is 0 Å². The van der Waals surface area contributed by atoms with Crippen LogP contribution in [0.4, 0.5) is 0 Å². The van der Waals surface area contributed by atoms with Gasteiger partial charge in [-0.3, -0.25) is 9.69 Å². The van der Waals surface area contributed by atoms with Crippen LogP contribution in [-0.2, 0) is 16.1 Å². The fraction of sp³-hybridized carbons (Fsp3) is 0.407. The van der Waals surface area contributed by atoms with Gasteiger partial charge in [-0.1, -0.05) is 17.3 Å². The Balaban J connectivity index is 1.51. The summed E-state index contributed by atoms with van der Waals surface area (Å²) in [4.78, 5) is 18.5. The lowest BCUT2D eigenvalue weighted by atomic mass is 10.1. The molecule has 0 amide bonds. The number of benzene rings is 2. The summed E-state index contributed by atoms with van der Waals surface area (Å²) >= 11 is 0. The first-order chi connectivity index (χ1) is 17.5. The molecule has 2 aromatic carbocycles. The number of esters is 1. The van der Waals surface area contributed by atoms with Crippen molar-refractivity contribution in [1.82, 2.24) is 15.0 Å². The molecule has 0 saturated carbocycles. The molecule has 4 rings (SSSR count). The Morgan fingerprint density at radius 2 is 2.14 bits per heavy atom. The smallest absolute Gasteiger partial charge is 0.305 e. The van der Waals surface area contributed by atoms with Crippen molar-refractivity contribution < 1.29 is 23.5 Å². The van der Waals surface area contributed by atoms with Gasteiger partial charge < -0.3 is 18.7 Å². The molecule has 0 fully saturated rings. The normalized spacial score (nSPS) is 13.4. The van der Waals surface area contributed by atoms with Crippen molar-refractivity contribution in [2.24, 2.45) is 0 Å². The highest BCUT2D eigenvalue weighted by molar-refractivity contribution is 5.69. The summed E-state index contributed by atoms with van der Waals surface area (Å²) in [7, 11) is 0. The largest absolute Gasteiger partial charge is 0.491 e. The van der Waals surface area contributed by atoms with Gasteiger partial charge >= 0.3 is 5.97 Å². The maximum absolute atomic E-state index is 11.6. The minimum absolute atomic E-state index is 0.0419. The van der Waals surface area contributed by atoms with Crippen molar-refractivity contribution in [3.8, 4) is 40.4 Å². The van der Waals surface area contributed by atoms with Crippen LogP contribution in [0.1, 0.15) is 44.7 Å². The van der Waals surface area contributed by atoms with Crippen LogP contribution in [0, 0.1) is 11.3 Å². The molecule has 1 aromatic heterocycles. The maximum Gasteiger partial charge on any atom is 0.305 e. The van der Waals surface area contributed by atoms with E-state index in [1.807, 2.05) is 39.0 Å². The van der Waals surface area contributed by atoms with Crippen LogP contribution in [0.3, 0.4) is 0 Å². The molecule has 9 heteroatoms. The van der Waals surface area contributed by atoms with Crippen LogP contribution in [0.15, 0.2) is 40.9 Å². The second-order valence-corrected chi connectivity index (χ2v) is 8.74. The Kier molecular flexibility index (Phi) is 8.18. The average molecular weight is 491 g/mol. The Hall–Kier alpha value is -3.90. The van der Waals surface area contributed by atoms with Crippen molar-refractivity contribution in [1.29, 1.82) is 5.26 Å². The fourth-order valence-corrected chi connectivity index (χ4v) is 4.08. The number of para-hydroxylation sites is 1. The van der Waals surface area contributed by atoms with Gasteiger partial charge in [0, 0.05) is 30.6 Å². The van der Waals surface area contributed by atoms with Gasteiger partial charge in [0.1, 0.15) is 24.2 Å². The molecule has 3 aromatic rings. The first-order valence-electron chi connectivity index (χ1n) is 12.2. The highest BCUT2D eigenvalue weighted by Crippen LogP contribution is 2.35. The molecule has 0 saturated heterocycles. The number of hydrogen-bond donors (Lipinski definition) is 0. The van der Waals surface area contributed by atoms with E-state index in [0.29, 0.717) is 54.8 Å². The van der Waals surface area contributed by atoms with E-state index in [9.17, 15) is 10.1 Å². The van der Waals surface area contributed by atoms with Gasteiger partial charge in [0.2, 0.25) is 5.82 Å². The molecule has 2 heterocycles. The number of rotatable bonds is 9. The molecule has 9 nitrogen and oxygen atoms in total. The Bertz CT molecular complexity index is 1250. The first-order valence-corrected chi connectivity index (χ1v) is 12.2. The molecule has 0 aliphatic carbocycles. The molecule has 1 aliphatic heterocycles. The van der Waals surface area contributed by atoms with E-state index in [-0.39, 0.29) is 12.1 Å². The van der Waals surface area contributed by atoms with Gasteiger partial charge in [0.05, 0.1) is 23.8 Å². The van der Waals surface area contributed by atoms with E-state index in [4.69, 9.17) is 18.7 Å². The lowest BCUT2D eigenvalue weighted by molar-refractivity contribution is -0.143. The van der Waals surface area contributed by atoms with Crippen molar-refractivity contribution in [3.63, 3.8) is 0 Å². The second-order valence-electron chi connectivity index (χ2n) is 8.74. The zero-order valence-corrected chi connectivity index (χ0v) is 20.8. The second kappa shape index (κ2) is 11.7. The zero-order chi connectivity index (χ0) is 25.5. The molecule has 0 unspecified atom stereocenters. The topological polar surface area (TPSA) is 111 Å². The zero-order valence-electron chi connectivity index (χ0n) is 20.8. The fourth-order valence-electron chi connectivity index (χ4n) is 4.08. The molecular formula is C27H30N4O5. The van der Waals surface area contributed by atoms with Crippen molar-refractivity contribution >= 4 is 5.97 Å². The molecule has 36 heavy (non-hydrogen) atoms. The number of aromatic nitrogens is 2. The maximum atomic E-state index is 11.6. The molecule has 0 N–H and O–H groups in total. The highest BCUT2D eigenvalue weighted by atomic mass is 16.5. The van der Waals surface area contributed by atoms with E-state index < -0.39 is 0 Å². The SMILES string of the molecule is CCOC(=O)CCCN1CCOc2c(cccc2-c2noc(-c3ccc(OC(C)C)c(C#N)c3)n2)C1. The van der Waals surface area contributed by atoms with E-state index in [2.05, 4.69) is 21.1 Å². The van der Waals surface area contributed by atoms with E-state index in [1.165, 1.54) is 0 Å². The van der Waals surface area contributed by atoms with Crippen molar-refractivity contribution in [3.05, 3.63) is 47.5 Å². The monoisotopic (exact) mass is 490 g/mol. The average Bonchev–Trinajstić information content (AvgIpc) is 3.25. The van der Waals surface area contributed by atoms with Crippen molar-refractivity contribution in [2.75, 3.05) is 26.3 Å². The third-order valence-electron chi connectivity index (χ3n) is 5.68. The minimum atomic E-state index is -0.164. The van der Waals surface area contributed by atoms with Crippen LogP contribution in [0.2, 0.25) is 0 Å². The third kappa shape index (κ3) is 6.01. The number of carbonyl (C=O) groups is 1. The summed E-state index contributed by atoms with van der Waals surface area (Å²) in [6.07, 6.45) is 1.09. The van der Waals surface area contributed by atoms with Crippen LogP contribution in [-0.4, -0.2) is 53.4 Å². The molecular weight excluding hydrogens is 460 g/mol. The first kappa shape index (κ1) is 25.2. The van der Waals surface area contributed by atoms with Crippen LogP contribution < -0.4 is 9.47 Å². The summed E-state index contributed by atoms with van der Waals surface area (Å²) in [5.74, 6) is 1.81. The Morgan fingerprint density at radius 3 is 2.92 bits per heavy atom. The predicted octanol–water partition coefficient (Wildman–Crippen LogP) is 4.60. The highest BCUT2D eigenvalue weighted by Gasteiger charge is 2.22. The quantitative estimate of drug-likeness (QED) is 0.397. The van der Waals surface area contributed by atoms with Crippen LogP contribution in [0.5, 0.6) is 11.5 Å². The summed E-state index contributed by atoms with van der Waals surface area (Å²) in [6, 6.07) is 13.3. The van der Waals surface area contributed by atoms with Gasteiger partial charge in [-0.2, -0.15) is 10.2 Å². The number of carbonyl (C=O) groups excluding carboxylic acids is 1. The van der Waals surface area contributed by atoms with Gasteiger partial charge in [-0.25, -0.2) is 0 Å². The Morgan fingerprint density at radius 1 is 1.28 bits per heavy atom. The van der Waals surface area contributed by atoms with E-state index >= 15 is 0 Å². The molecule has 0 spiro atoms. The third-order valence-corrected chi connectivity index (χ3v) is 5.68. The molecule has 0 radical (unpaired) electrons. The number of ether oxygens (including phenoxy) is 3. The van der Waals surface area contributed by atoms with E-state index in [1.54, 1.807) is 18.2 Å². The van der Waals surface area contributed by atoms with Gasteiger partial charge in [0.15, 0.2) is 0 Å². The number of fused-ring (bicyclic) bond motifs is 1.